The molecule has 4 nitrogen and oxygen atoms in total. The Bertz CT molecular complexity index is 549. The van der Waals surface area contributed by atoms with Gasteiger partial charge in [0, 0.05) is 16.1 Å². The van der Waals surface area contributed by atoms with Gasteiger partial charge in [0.15, 0.2) is 0 Å². The van der Waals surface area contributed by atoms with Crippen molar-refractivity contribution in [1.29, 1.82) is 0 Å². The third-order valence-electron chi connectivity index (χ3n) is 3.24. The second-order valence-corrected chi connectivity index (χ2v) is 5.91. The minimum atomic E-state index is -0.441. The van der Waals surface area contributed by atoms with Crippen molar-refractivity contribution in [3.8, 4) is 0 Å². The molecule has 2 N–H and O–H groups in total. The predicted molar refractivity (Wildman–Crippen MR) is 82.2 cm³/mol. The van der Waals surface area contributed by atoms with Gasteiger partial charge in [-0.15, -0.1) is 11.3 Å². The molecular formula is C15H20N2O2S. The third-order valence-corrected chi connectivity index (χ3v) is 4.52. The van der Waals surface area contributed by atoms with Crippen LogP contribution in [-0.2, 0) is 0 Å². The molecule has 5 heteroatoms. The minimum Gasteiger partial charge on any atom is -0.336 e. The van der Waals surface area contributed by atoms with Gasteiger partial charge in [-0.2, -0.15) is 5.06 Å². The van der Waals surface area contributed by atoms with E-state index in [9.17, 15) is 10.0 Å². The van der Waals surface area contributed by atoms with Gasteiger partial charge >= 0.3 is 6.03 Å². The number of unbranched alkanes of at least 4 members (excludes halogenated alkanes) is 1. The molecule has 0 bridgehead atoms. The van der Waals surface area contributed by atoms with Crippen molar-refractivity contribution in [2.45, 2.75) is 32.7 Å². The molecule has 0 fully saturated rings. The molecule has 0 aliphatic rings. The summed E-state index contributed by atoms with van der Waals surface area (Å²) < 4.78 is 1.16. The lowest BCUT2D eigenvalue weighted by atomic mass is 10.2. The van der Waals surface area contributed by atoms with Crippen molar-refractivity contribution in [2.75, 3.05) is 6.54 Å². The number of nitrogens with one attached hydrogen (secondary N) is 1. The maximum atomic E-state index is 11.8. The van der Waals surface area contributed by atoms with E-state index in [0.29, 0.717) is 6.54 Å². The largest absolute Gasteiger partial charge is 0.341 e. The van der Waals surface area contributed by atoms with Gasteiger partial charge in [-0.1, -0.05) is 31.5 Å². The van der Waals surface area contributed by atoms with Crippen LogP contribution >= 0.6 is 11.3 Å². The zero-order valence-corrected chi connectivity index (χ0v) is 12.6. The number of nitrogens with zero attached hydrogens (tertiary/aromatic N) is 1. The summed E-state index contributed by atoms with van der Waals surface area (Å²) in [5.41, 5.74) is 0. The standard InChI is InChI=1S/C15H20N2O2S/c1-3-4-9-16-15(18)17(19)11(2)14-10-12-7-5-6-8-13(12)20-14/h5-8,10-11,19H,3-4,9H2,1-2H3,(H,16,18). The number of carbonyl (C=O) groups is 1. The molecule has 2 rings (SSSR count). The van der Waals surface area contributed by atoms with Crippen LogP contribution in [0.25, 0.3) is 10.1 Å². The molecule has 1 aromatic carbocycles. The lowest BCUT2D eigenvalue weighted by molar-refractivity contribution is -0.0734. The number of benzene rings is 1. The maximum Gasteiger partial charge on any atom is 0.341 e. The van der Waals surface area contributed by atoms with E-state index in [0.717, 1.165) is 32.9 Å². The average Bonchev–Trinajstić information content (AvgIpc) is 2.89. The van der Waals surface area contributed by atoms with Crippen LogP contribution in [0.3, 0.4) is 0 Å². The van der Waals surface area contributed by atoms with E-state index in [-0.39, 0.29) is 6.04 Å². The molecule has 0 aliphatic carbocycles. The van der Waals surface area contributed by atoms with Crippen LogP contribution in [0.4, 0.5) is 4.79 Å². The molecule has 108 valence electrons. The first-order valence-corrected chi connectivity index (χ1v) is 7.69. The molecule has 1 atom stereocenters. The highest BCUT2D eigenvalue weighted by Crippen LogP contribution is 2.31. The van der Waals surface area contributed by atoms with Gasteiger partial charge in [0.05, 0.1) is 6.04 Å². The number of hydroxylamine groups is 2. The molecule has 1 aromatic heterocycles. The van der Waals surface area contributed by atoms with Crippen LogP contribution in [0.2, 0.25) is 0 Å². The molecular weight excluding hydrogens is 272 g/mol. The number of thiophene rings is 1. The van der Waals surface area contributed by atoms with Crippen LogP contribution in [-0.4, -0.2) is 22.8 Å². The first-order chi connectivity index (χ1) is 9.63. The number of carbonyl (C=O) groups excluding carboxylic acids is 1. The molecule has 0 spiro atoms. The van der Waals surface area contributed by atoms with Gasteiger partial charge in [0.2, 0.25) is 0 Å². The number of hydrogen-bond donors (Lipinski definition) is 2. The van der Waals surface area contributed by atoms with Gasteiger partial charge in [0.25, 0.3) is 0 Å². The fraction of sp³-hybridized carbons (Fsp3) is 0.400. The highest BCUT2D eigenvalue weighted by atomic mass is 32.1. The zero-order chi connectivity index (χ0) is 14.5. The van der Waals surface area contributed by atoms with Crippen LogP contribution in [0.5, 0.6) is 0 Å². The summed E-state index contributed by atoms with van der Waals surface area (Å²) in [5, 5.41) is 14.6. The van der Waals surface area contributed by atoms with Gasteiger partial charge in [0.1, 0.15) is 0 Å². The summed E-state index contributed by atoms with van der Waals surface area (Å²) in [6.07, 6.45) is 1.93. The molecule has 0 saturated carbocycles. The molecule has 2 amide bonds. The number of amides is 2. The second-order valence-electron chi connectivity index (χ2n) is 4.79. The molecule has 2 aromatic rings. The molecule has 0 radical (unpaired) electrons. The summed E-state index contributed by atoms with van der Waals surface area (Å²) >= 11 is 1.60. The fourth-order valence-electron chi connectivity index (χ4n) is 1.96. The van der Waals surface area contributed by atoms with Crippen molar-refractivity contribution < 1.29 is 10.0 Å². The van der Waals surface area contributed by atoms with E-state index in [2.05, 4.69) is 12.2 Å². The Morgan fingerprint density at radius 1 is 1.45 bits per heavy atom. The van der Waals surface area contributed by atoms with Crippen molar-refractivity contribution in [3.63, 3.8) is 0 Å². The van der Waals surface area contributed by atoms with E-state index in [1.807, 2.05) is 37.3 Å². The van der Waals surface area contributed by atoms with E-state index >= 15 is 0 Å². The lowest BCUT2D eigenvalue weighted by Crippen LogP contribution is -2.39. The SMILES string of the molecule is CCCCNC(=O)N(O)C(C)c1cc2ccccc2s1. The monoisotopic (exact) mass is 292 g/mol. The fourth-order valence-corrected chi connectivity index (χ4v) is 3.06. The Labute approximate surface area is 123 Å². The Kier molecular flexibility index (Phi) is 4.98. The third kappa shape index (κ3) is 3.29. The summed E-state index contributed by atoms with van der Waals surface area (Å²) in [6, 6.07) is 9.27. The van der Waals surface area contributed by atoms with E-state index < -0.39 is 6.03 Å². The quantitative estimate of drug-likeness (QED) is 0.494. The topological polar surface area (TPSA) is 52.6 Å². The Balaban J connectivity index is 2.05. The van der Waals surface area contributed by atoms with Gasteiger partial charge in [-0.25, -0.2) is 4.79 Å². The van der Waals surface area contributed by atoms with Gasteiger partial charge < -0.3 is 5.32 Å². The van der Waals surface area contributed by atoms with Gasteiger partial charge in [-0.05, 0) is 30.9 Å². The van der Waals surface area contributed by atoms with Crippen LogP contribution in [0, 0.1) is 0 Å². The van der Waals surface area contributed by atoms with E-state index in [4.69, 9.17) is 0 Å². The highest BCUT2D eigenvalue weighted by molar-refractivity contribution is 7.19. The highest BCUT2D eigenvalue weighted by Gasteiger charge is 2.21. The van der Waals surface area contributed by atoms with E-state index in [1.165, 1.54) is 0 Å². The molecule has 1 unspecified atom stereocenters. The first-order valence-electron chi connectivity index (χ1n) is 6.88. The molecule has 0 saturated heterocycles. The number of fused-ring (bicyclic) bond motifs is 1. The van der Waals surface area contributed by atoms with Crippen molar-refractivity contribution in [3.05, 3.63) is 35.2 Å². The summed E-state index contributed by atoms with van der Waals surface area (Å²) in [7, 11) is 0. The zero-order valence-electron chi connectivity index (χ0n) is 11.8. The van der Waals surface area contributed by atoms with Gasteiger partial charge in [-0.3, -0.25) is 5.21 Å². The lowest BCUT2D eigenvalue weighted by Gasteiger charge is -2.21. The Hall–Kier alpha value is -1.59. The Morgan fingerprint density at radius 2 is 2.20 bits per heavy atom. The Morgan fingerprint density at radius 3 is 2.90 bits per heavy atom. The first kappa shape index (κ1) is 14.8. The van der Waals surface area contributed by atoms with Crippen molar-refractivity contribution in [1.82, 2.24) is 10.4 Å². The smallest absolute Gasteiger partial charge is 0.336 e. The second kappa shape index (κ2) is 6.72. The number of urea groups is 1. The normalized spacial score (nSPS) is 12.3. The van der Waals surface area contributed by atoms with Crippen molar-refractivity contribution >= 4 is 27.5 Å². The molecule has 1 heterocycles. The number of hydrogen-bond acceptors (Lipinski definition) is 3. The predicted octanol–water partition coefficient (Wildman–Crippen LogP) is 4.16. The molecule has 20 heavy (non-hydrogen) atoms. The van der Waals surface area contributed by atoms with Crippen LogP contribution in [0.15, 0.2) is 30.3 Å². The van der Waals surface area contributed by atoms with E-state index in [1.54, 1.807) is 11.3 Å². The van der Waals surface area contributed by atoms with Crippen molar-refractivity contribution in [2.24, 2.45) is 0 Å². The molecule has 0 aliphatic heterocycles. The summed E-state index contributed by atoms with van der Waals surface area (Å²) in [5.74, 6) is 0. The average molecular weight is 292 g/mol. The minimum absolute atomic E-state index is 0.353. The van der Waals surface area contributed by atoms with Crippen LogP contribution in [0.1, 0.15) is 37.6 Å². The summed E-state index contributed by atoms with van der Waals surface area (Å²) in [6.45, 7) is 4.47. The maximum absolute atomic E-state index is 11.8. The summed E-state index contributed by atoms with van der Waals surface area (Å²) in [4.78, 5) is 12.8. The van der Waals surface area contributed by atoms with Crippen LogP contribution < -0.4 is 5.32 Å². The number of rotatable bonds is 5.